The number of ether oxygens (including phenoxy) is 1. The third-order valence-electron chi connectivity index (χ3n) is 7.61. The fraction of sp³-hybridized carbons (Fsp3) is 0.485. The van der Waals surface area contributed by atoms with Gasteiger partial charge in [0.25, 0.3) is 5.17 Å². The highest BCUT2D eigenvalue weighted by Crippen LogP contribution is 2.47. The first-order chi connectivity index (χ1) is 19.5. The van der Waals surface area contributed by atoms with Crippen LogP contribution in [0.3, 0.4) is 0 Å². The third-order valence-corrected chi connectivity index (χ3v) is 9.61. The van der Waals surface area contributed by atoms with Crippen LogP contribution in [0.15, 0.2) is 72.8 Å². The number of thiocarbonyl (C=S) groups is 1. The van der Waals surface area contributed by atoms with Crippen LogP contribution in [-0.2, 0) is 15.1 Å². The monoisotopic (exact) mass is 594 g/mol. The van der Waals surface area contributed by atoms with Crippen LogP contribution in [0.1, 0.15) is 57.1 Å². The number of unbranched alkanes of at least 4 members (excludes halogenated alkanes) is 3. The molecule has 1 saturated heterocycles. The molecule has 1 heterocycles. The van der Waals surface area contributed by atoms with E-state index in [-0.39, 0.29) is 29.5 Å². The standard InChI is InChI=1S/C33H46N2O4SSi/c1-26(2)30-33(27-18-12-10-13-19-27,28-20-14-11-15-21-28)39-32(40)35(30)29(36)22-16-8-6-7-9-17-23-34(31(37)38)24-25-41(3,4)5/h8,10-16,18-21,26,30H,6-7,9,17,22-25H2,1-5H3,(H,37,38)/t30-/m0/s1. The van der Waals surface area contributed by atoms with Crippen molar-refractivity contribution >= 4 is 37.5 Å². The Morgan fingerprint density at radius 2 is 1.56 bits per heavy atom. The van der Waals surface area contributed by atoms with Crippen molar-refractivity contribution in [2.24, 2.45) is 5.92 Å². The first-order valence-corrected chi connectivity index (χ1v) is 18.9. The van der Waals surface area contributed by atoms with Crippen molar-refractivity contribution in [2.75, 3.05) is 13.1 Å². The maximum atomic E-state index is 13.6. The van der Waals surface area contributed by atoms with Gasteiger partial charge in [-0.05, 0) is 43.4 Å². The number of carboxylic acid groups (broad SMARTS) is 1. The second kappa shape index (κ2) is 14.8. The van der Waals surface area contributed by atoms with E-state index >= 15 is 0 Å². The molecular formula is C33H46N2O4SSi. The second-order valence-corrected chi connectivity index (χ2v) is 18.4. The molecule has 1 N–H and O–H groups in total. The fourth-order valence-corrected chi connectivity index (χ4v) is 6.77. The van der Waals surface area contributed by atoms with E-state index < -0.39 is 19.8 Å². The van der Waals surface area contributed by atoms with Crippen molar-refractivity contribution in [3.8, 4) is 0 Å². The number of carbonyl (C=O) groups is 2. The minimum Gasteiger partial charge on any atom is -0.465 e. The Bertz CT molecular complexity index is 1140. The minimum absolute atomic E-state index is 0.0711. The lowest BCUT2D eigenvalue weighted by molar-refractivity contribution is -0.128. The molecule has 0 bridgehead atoms. The Balaban J connectivity index is 1.60. The Kier molecular flexibility index (Phi) is 11.7. The van der Waals surface area contributed by atoms with Crippen LogP contribution in [0, 0.1) is 5.92 Å². The molecule has 0 aromatic heterocycles. The lowest BCUT2D eigenvalue weighted by atomic mass is 9.75. The summed E-state index contributed by atoms with van der Waals surface area (Å²) in [5.74, 6) is 0.0121. The Hall–Kier alpha value is -2.97. The van der Waals surface area contributed by atoms with E-state index in [0.717, 1.165) is 42.9 Å². The van der Waals surface area contributed by atoms with Gasteiger partial charge in [0, 0.05) is 38.7 Å². The van der Waals surface area contributed by atoms with Gasteiger partial charge in [-0.15, -0.1) is 0 Å². The molecule has 8 heteroatoms. The van der Waals surface area contributed by atoms with E-state index in [1.54, 1.807) is 9.80 Å². The summed E-state index contributed by atoms with van der Waals surface area (Å²) in [6, 6.07) is 20.8. The molecule has 1 aliphatic rings. The van der Waals surface area contributed by atoms with Crippen molar-refractivity contribution < 1.29 is 19.4 Å². The molecule has 2 aromatic rings. The van der Waals surface area contributed by atoms with E-state index in [2.05, 4.69) is 33.5 Å². The molecule has 0 aliphatic carbocycles. The first kappa shape index (κ1) is 32.5. The predicted octanol–water partition coefficient (Wildman–Crippen LogP) is 7.92. The average molecular weight is 595 g/mol. The Morgan fingerprint density at radius 3 is 2.07 bits per heavy atom. The highest BCUT2D eigenvalue weighted by Gasteiger charge is 2.57. The van der Waals surface area contributed by atoms with Crippen molar-refractivity contribution in [1.82, 2.24) is 9.80 Å². The third kappa shape index (κ3) is 8.52. The van der Waals surface area contributed by atoms with E-state index in [1.165, 1.54) is 0 Å². The normalized spacial score (nSPS) is 16.8. The van der Waals surface area contributed by atoms with Crippen molar-refractivity contribution in [3.63, 3.8) is 0 Å². The van der Waals surface area contributed by atoms with Crippen LogP contribution in [0.25, 0.3) is 0 Å². The number of allylic oxidation sites excluding steroid dienone is 1. The number of nitrogens with zero attached hydrogens (tertiary/aromatic N) is 2. The average Bonchev–Trinajstić information content (AvgIpc) is 3.26. The zero-order valence-corrected chi connectivity index (χ0v) is 27.0. The molecular weight excluding hydrogens is 549 g/mol. The molecule has 3 rings (SSSR count). The molecule has 0 spiro atoms. The maximum absolute atomic E-state index is 13.6. The summed E-state index contributed by atoms with van der Waals surface area (Å²) in [6.07, 6.45) is 6.99. The first-order valence-electron chi connectivity index (χ1n) is 14.8. The van der Waals surface area contributed by atoms with E-state index in [1.807, 2.05) is 72.8 Å². The highest BCUT2D eigenvalue weighted by atomic mass is 32.1. The van der Waals surface area contributed by atoms with Gasteiger partial charge in [0.15, 0.2) is 5.60 Å². The summed E-state index contributed by atoms with van der Waals surface area (Å²) in [7, 11) is -1.27. The van der Waals surface area contributed by atoms with Gasteiger partial charge in [-0.3, -0.25) is 9.69 Å². The molecule has 0 unspecified atom stereocenters. The van der Waals surface area contributed by atoms with Crippen molar-refractivity contribution in [2.45, 2.75) is 83.3 Å². The van der Waals surface area contributed by atoms with Crippen LogP contribution >= 0.6 is 12.2 Å². The fourth-order valence-electron chi connectivity index (χ4n) is 5.48. The van der Waals surface area contributed by atoms with E-state index in [0.29, 0.717) is 13.1 Å². The lowest BCUT2D eigenvalue weighted by Gasteiger charge is -2.38. The van der Waals surface area contributed by atoms with Gasteiger partial charge in [0.05, 0.1) is 6.04 Å². The smallest absolute Gasteiger partial charge is 0.407 e. The van der Waals surface area contributed by atoms with Gasteiger partial charge < -0.3 is 14.7 Å². The number of benzene rings is 2. The van der Waals surface area contributed by atoms with Crippen molar-refractivity contribution in [1.29, 1.82) is 0 Å². The number of amides is 2. The zero-order chi connectivity index (χ0) is 30.0. The number of hydrogen-bond acceptors (Lipinski definition) is 4. The summed E-state index contributed by atoms with van der Waals surface area (Å²) < 4.78 is 6.54. The summed E-state index contributed by atoms with van der Waals surface area (Å²) in [5.41, 5.74) is 1.06. The molecule has 6 nitrogen and oxygen atoms in total. The molecule has 2 aromatic carbocycles. The maximum Gasteiger partial charge on any atom is 0.407 e. The van der Waals surface area contributed by atoms with Gasteiger partial charge in [-0.1, -0.05) is 113 Å². The molecule has 2 amide bonds. The zero-order valence-electron chi connectivity index (χ0n) is 25.2. The quantitative estimate of drug-likeness (QED) is 0.104. The van der Waals surface area contributed by atoms with Gasteiger partial charge >= 0.3 is 6.09 Å². The van der Waals surface area contributed by atoms with Gasteiger partial charge in [-0.2, -0.15) is 0 Å². The Morgan fingerprint density at radius 1 is 0.976 bits per heavy atom. The molecule has 1 atom stereocenters. The summed E-state index contributed by atoms with van der Waals surface area (Å²) >= 11 is 5.70. The van der Waals surface area contributed by atoms with Crippen molar-refractivity contribution in [3.05, 3.63) is 83.9 Å². The molecule has 222 valence electrons. The molecule has 41 heavy (non-hydrogen) atoms. The second-order valence-electron chi connectivity index (χ2n) is 12.4. The lowest BCUT2D eigenvalue weighted by Crippen LogP contribution is -2.49. The van der Waals surface area contributed by atoms with Crippen LogP contribution in [0.5, 0.6) is 0 Å². The van der Waals surface area contributed by atoms with E-state index in [9.17, 15) is 14.7 Å². The molecule has 0 saturated carbocycles. The summed E-state index contributed by atoms with van der Waals surface area (Å²) in [6.45, 7) is 12.2. The van der Waals surface area contributed by atoms with Crippen LogP contribution < -0.4 is 0 Å². The Labute approximate surface area is 252 Å². The largest absolute Gasteiger partial charge is 0.465 e. The molecule has 1 fully saturated rings. The van der Waals surface area contributed by atoms with Crippen LogP contribution in [-0.4, -0.2) is 59.3 Å². The number of hydrogen-bond donors (Lipinski definition) is 1. The summed E-state index contributed by atoms with van der Waals surface area (Å²) in [5, 5.41) is 9.71. The van der Waals surface area contributed by atoms with Crippen LogP contribution in [0.2, 0.25) is 25.7 Å². The number of rotatable bonds is 14. The number of carbonyl (C=O) groups excluding carboxylic acids is 1. The minimum atomic E-state index is -1.27. The SMILES string of the molecule is CC(C)[C@@H]1N(C(=O)CC=CCCCCCN(CC[Si](C)(C)C)C(=O)O)C(=S)OC1(c1ccccc1)c1ccccc1. The molecule has 0 radical (unpaired) electrons. The topological polar surface area (TPSA) is 70.1 Å². The highest BCUT2D eigenvalue weighted by molar-refractivity contribution is 7.80. The predicted molar refractivity (Wildman–Crippen MR) is 173 cm³/mol. The van der Waals surface area contributed by atoms with Gasteiger partial charge in [0.2, 0.25) is 5.91 Å². The van der Waals surface area contributed by atoms with Gasteiger partial charge in [0.1, 0.15) is 0 Å². The van der Waals surface area contributed by atoms with Gasteiger partial charge in [-0.25, -0.2) is 4.79 Å². The molecule has 1 aliphatic heterocycles. The van der Waals surface area contributed by atoms with Crippen LogP contribution in [0.4, 0.5) is 4.79 Å². The summed E-state index contributed by atoms with van der Waals surface area (Å²) in [4.78, 5) is 28.4. The van der Waals surface area contributed by atoms with E-state index in [4.69, 9.17) is 17.0 Å².